The van der Waals surface area contributed by atoms with Gasteiger partial charge in [0.25, 0.3) is 0 Å². The van der Waals surface area contributed by atoms with Gasteiger partial charge in [-0.2, -0.15) is 0 Å². The van der Waals surface area contributed by atoms with E-state index < -0.39 is 6.10 Å². The van der Waals surface area contributed by atoms with Crippen LogP contribution >= 0.6 is 0 Å². The van der Waals surface area contributed by atoms with Gasteiger partial charge in [0.05, 0.1) is 6.10 Å². The van der Waals surface area contributed by atoms with E-state index in [1.165, 1.54) is 0 Å². The highest BCUT2D eigenvalue weighted by Crippen LogP contribution is 2.08. The molecule has 0 radical (unpaired) electrons. The van der Waals surface area contributed by atoms with Crippen LogP contribution in [0, 0.1) is 0 Å². The summed E-state index contributed by atoms with van der Waals surface area (Å²) in [6, 6.07) is 1.86. The maximum Gasteiger partial charge on any atom is 0.0928 e. The second-order valence-corrected chi connectivity index (χ2v) is 2.22. The first-order valence-corrected chi connectivity index (χ1v) is 3.30. The number of aliphatic hydroxyl groups is 1. The topological polar surface area (TPSA) is 48.0 Å². The molecule has 0 aromatic carbocycles. The summed E-state index contributed by atoms with van der Waals surface area (Å²) in [6.45, 7) is 0.595. The molecule has 0 amide bonds. The van der Waals surface area contributed by atoms with E-state index in [4.69, 9.17) is 0 Å². The number of rotatable bonds is 3. The maximum absolute atomic E-state index is 9.33. The molecule has 1 rings (SSSR count). The fraction of sp³-hybridized carbons (Fsp3) is 0.429. The highest BCUT2D eigenvalue weighted by Gasteiger charge is 2.04. The highest BCUT2D eigenvalue weighted by molar-refractivity contribution is 5.11. The Hall–Kier alpha value is -0.800. The standard InChI is InChI=1S/C7H12N2O/c1-8-5-7(10)6-2-3-9-4-6/h2-4,7-10H,5H2,1H3. The van der Waals surface area contributed by atoms with Crippen molar-refractivity contribution in [2.75, 3.05) is 13.6 Å². The third-order valence-corrected chi connectivity index (χ3v) is 1.40. The zero-order chi connectivity index (χ0) is 7.40. The molecule has 1 atom stereocenters. The summed E-state index contributed by atoms with van der Waals surface area (Å²) in [4.78, 5) is 2.88. The lowest BCUT2D eigenvalue weighted by Crippen LogP contribution is -2.16. The third-order valence-electron chi connectivity index (χ3n) is 1.40. The summed E-state index contributed by atoms with van der Waals surface area (Å²) >= 11 is 0. The fourth-order valence-electron chi connectivity index (χ4n) is 0.855. The molecule has 1 unspecified atom stereocenters. The minimum atomic E-state index is -0.392. The zero-order valence-corrected chi connectivity index (χ0v) is 5.96. The van der Waals surface area contributed by atoms with Crippen LogP contribution in [-0.4, -0.2) is 23.7 Å². The van der Waals surface area contributed by atoms with Gasteiger partial charge in [-0.15, -0.1) is 0 Å². The molecule has 0 fully saturated rings. The molecule has 56 valence electrons. The van der Waals surface area contributed by atoms with Gasteiger partial charge in [-0.3, -0.25) is 0 Å². The van der Waals surface area contributed by atoms with Crippen molar-refractivity contribution in [2.45, 2.75) is 6.10 Å². The van der Waals surface area contributed by atoms with Gasteiger partial charge in [0.1, 0.15) is 0 Å². The molecule has 1 heterocycles. The molecule has 0 saturated carbocycles. The molecule has 0 bridgehead atoms. The number of aromatic nitrogens is 1. The van der Waals surface area contributed by atoms with E-state index in [0.29, 0.717) is 6.54 Å². The van der Waals surface area contributed by atoms with E-state index >= 15 is 0 Å². The largest absolute Gasteiger partial charge is 0.387 e. The fourth-order valence-corrected chi connectivity index (χ4v) is 0.855. The first-order valence-electron chi connectivity index (χ1n) is 3.30. The van der Waals surface area contributed by atoms with Crippen LogP contribution in [0.4, 0.5) is 0 Å². The first-order chi connectivity index (χ1) is 4.84. The summed E-state index contributed by atoms with van der Waals surface area (Å²) in [5.74, 6) is 0. The maximum atomic E-state index is 9.33. The van der Waals surface area contributed by atoms with Crippen molar-refractivity contribution in [2.24, 2.45) is 0 Å². The van der Waals surface area contributed by atoms with Crippen LogP contribution in [0.1, 0.15) is 11.7 Å². The average Bonchev–Trinajstić information content (AvgIpc) is 2.38. The molecule has 3 N–H and O–H groups in total. The minimum Gasteiger partial charge on any atom is -0.387 e. The van der Waals surface area contributed by atoms with Gasteiger partial charge in [0, 0.05) is 18.9 Å². The van der Waals surface area contributed by atoms with Crippen molar-refractivity contribution in [1.29, 1.82) is 0 Å². The van der Waals surface area contributed by atoms with Gasteiger partial charge in [0.15, 0.2) is 0 Å². The van der Waals surface area contributed by atoms with Crippen molar-refractivity contribution in [3.05, 3.63) is 24.0 Å². The lowest BCUT2D eigenvalue weighted by molar-refractivity contribution is 0.178. The Morgan fingerprint density at radius 2 is 2.60 bits per heavy atom. The Bertz CT molecular complexity index is 172. The number of hydrogen-bond acceptors (Lipinski definition) is 2. The monoisotopic (exact) mass is 140 g/mol. The minimum absolute atomic E-state index is 0.392. The van der Waals surface area contributed by atoms with Crippen molar-refractivity contribution in [3.63, 3.8) is 0 Å². The van der Waals surface area contributed by atoms with E-state index in [1.807, 2.05) is 13.1 Å². The summed E-state index contributed by atoms with van der Waals surface area (Å²) in [6.07, 6.45) is 3.20. The Morgan fingerprint density at radius 1 is 1.80 bits per heavy atom. The average molecular weight is 140 g/mol. The first kappa shape index (κ1) is 7.31. The second-order valence-electron chi connectivity index (χ2n) is 2.22. The molecule has 0 saturated heterocycles. The van der Waals surface area contributed by atoms with Crippen molar-refractivity contribution in [3.8, 4) is 0 Å². The molecule has 3 nitrogen and oxygen atoms in total. The van der Waals surface area contributed by atoms with Crippen molar-refractivity contribution >= 4 is 0 Å². The Balaban J connectivity index is 2.50. The second kappa shape index (κ2) is 3.39. The van der Waals surface area contributed by atoms with Crippen LogP contribution < -0.4 is 5.32 Å². The predicted molar refractivity (Wildman–Crippen MR) is 39.7 cm³/mol. The molecule has 1 aromatic rings. The van der Waals surface area contributed by atoms with Gasteiger partial charge in [-0.05, 0) is 18.7 Å². The Kier molecular flexibility index (Phi) is 2.48. The lowest BCUT2D eigenvalue weighted by Gasteiger charge is -2.05. The van der Waals surface area contributed by atoms with Crippen molar-refractivity contribution in [1.82, 2.24) is 10.3 Å². The normalized spacial score (nSPS) is 13.4. The van der Waals surface area contributed by atoms with Crippen LogP contribution in [0.25, 0.3) is 0 Å². The van der Waals surface area contributed by atoms with Crippen LogP contribution in [0.15, 0.2) is 18.5 Å². The van der Waals surface area contributed by atoms with E-state index in [2.05, 4.69) is 10.3 Å². The summed E-state index contributed by atoms with van der Waals surface area (Å²) in [7, 11) is 1.82. The van der Waals surface area contributed by atoms with E-state index in [1.54, 1.807) is 12.4 Å². The van der Waals surface area contributed by atoms with Gasteiger partial charge < -0.3 is 15.4 Å². The van der Waals surface area contributed by atoms with Gasteiger partial charge in [0.2, 0.25) is 0 Å². The summed E-state index contributed by atoms with van der Waals surface area (Å²) in [5.41, 5.74) is 0.925. The smallest absolute Gasteiger partial charge is 0.0928 e. The number of likely N-dealkylation sites (N-methyl/N-ethyl adjacent to an activating group) is 1. The predicted octanol–water partition coefficient (Wildman–Crippen LogP) is 0.268. The Labute approximate surface area is 60.1 Å². The van der Waals surface area contributed by atoms with E-state index in [-0.39, 0.29) is 0 Å². The molecular formula is C7H12N2O. The molecule has 0 spiro atoms. The van der Waals surface area contributed by atoms with E-state index in [9.17, 15) is 5.11 Å². The number of H-pyrrole nitrogens is 1. The van der Waals surface area contributed by atoms with Crippen LogP contribution in [0.5, 0.6) is 0 Å². The molecule has 0 aliphatic heterocycles. The summed E-state index contributed by atoms with van der Waals surface area (Å²) < 4.78 is 0. The Morgan fingerprint density at radius 3 is 3.10 bits per heavy atom. The SMILES string of the molecule is CNCC(O)c1cc[nH]c1. The molecule has 3 heteroatoms. The van der Waals surface area contributed by atoms with Crippen LogP contribution in [0.3, 0.4) is 0 Å². The molecular weight excluding hydrogens is 128 g/mol. The van der Waals surface area contributed by atoms with Crippen molar-refractivity contribution < 1.29 is 5.11 Å². The van der Waals surface area contributed by atoms with Crippen LogP contribution in [0.2, 0.25) is 0 Å². The van der Waals surface area contributed by atoms with Gasteiger partial charge in [-0.1, -0.05) is 0 Å². The van der Waals surface area contributed by atoms with Crippen LogP contribution in [-0.2, 0) is 0 Å². The van der Waals surface area contributed by atoms with Gasteiger partial charge in [-0.25, -0.2) is 0 Å². The van der Waals surface area contributed by atoms with E-state index in [0.717, 1.165) is 5.56 Å². The number of nitrogens with one attached hydrogen (secondary N) is 2. The number of aromatic amines is 1. The third kappa shape index (κ3) is 1.59. The molecule has 0 aliphatic carbocycles. The lowest BCUT2D eigenvalue weighted by atomic mass is 10.2. The van der Waals surface area contributed by atoms with Gasteiger partial charge >= 0.3 is 0 Å². The molecule has 10 heavy (non-hydrogen) atoms. The summed E-state index contributed by atoms with van der Waals surface area (Å²) in [5, 5.41) is 12.2. The molecule has 1 aromatic heterocycles. The number of aliphatic hydroxyl groups excluding tert-OH is 1. The number of hydrogen-bond donors (Lipinski definition) is 3. The quantitative estimate of drug-likeness (QED) is 0.564. The molecule has 0 aliphatic rings. The highest BCUT2D eigenvalue weighted by atomic mass is 16.3. The zero-order valence-electron chi connectivity index (χ0n) is 5.96.